The average molecular weight is 242 g/mol. The van der Waals surface area contributed by atoms with Crippen LogP contribution in [0.1, 0.15) is 5.69 Å². The molecule has 1 atom stereocenters. The molecule has 0 aliphatic carbocycles. The quantitative estimate of drug-likeness (QED) is 0.510. The number of aliphatic hydroxyl groups is 1. The van der Waals surface area contributed by atoms with E-state index in [1.807, 2.05) is 0 Å². The Balaban J connectivity index is 2.40. The number of amides is 2. The number of hydrogen-bond donors (Lipinski definition) is 4. The van der Waals surface area contributed by atoms with Crippen molar-refractivity contribution < 1.29 is 19.8 Å². The summed E-state index contributed by atoms with van der Waals surface area (Å²) in [4.78, 5) is 21.8. The number of aryl methyl sites for hydroxylation is 1. The van der Waals surface area contributed by atoms with E-state index in [2.05, 4.69) is 15.7 Å². The van der Waals surface area contributed by atoms with Crippen LogP contribution in [0, 0.1) is 0 Å². The van der Waals surface area contributed by atoms with E-state index in [0.29, 0.717) is 0 Å². The highest BCUT2D eigenvalue weighted by Gasteiger charge is 2.18. The van der Waals surface area contributed by atoms with Crippen LogP contribution in [-0.4, -0.2) is 44.6 Å². The largest absolute Gasteiger partial charge is 0.480 e. The zero-order valence-electron chi connectivity index (χ0n) is 9.25. The second-order valence-corrected chi connectivity index (χ2v) is 3.35. The van der Waals surface area contributed by atoms with E-state index < -0.39 is 24.6 Å². The van der Waals surface area contributed by atoms with E-state index in [0.717, 1.165) is 5.69 Å². The molecule has 0 saturated carbocycles. The predicted molar refractivity (Wildman–Crippen MR) is 57.1 cm³/mol. The van der Waals surface area contributed by atoms with Crippen LogP contribution in [0.4, 0.5) is 4.79 Å². The number of aliphatic carboxylic acids is 1. The molecule has 8 heteroatoms. The van der Waals surface area contributed by atoms with Gasteiger partial charge in [0, 0.05) is 13.2 Å². The van der Waals surface area contributed by atoms with Crippen molar-refractivity contribution in [3.8, 4) is 0 Å². The minimum atomic E-state index is -1.30. The number of carboxylic acid groups (broad SMARTS) is 1. The topological polar surface area (TPSA) is 116 Å². The third kappa shape index (κ3) is 3.76. The number of hydrogen-bond acceptors (Lipinski definition) is 4. The molecular weight excluding hydrogens is 228 g/mol. The number of rotatable bonds is 5. The van der Waals surface area contributed by atoms with Crippen molar-refractivity contribution in [3.05, 3.63) is 18.0 Å². The maximum absolute atomic E-state index is 11.3. The van der Waals surface area contributed by atoms with Crippen LogP contribution in [-0.2, 0) is 18.4 Å². The van der Waals surface area contributed by atoms with Crippen LogP contribution in [0.5, 0.6) is 0 Å². The van der Waals surface area contributed by atoms with Crippen LogP contribution in [0.15, 0.2) is 12.3 Å². The summed E-state index contributed by atoms with van der Waals surface area (Å²) in [6.07, 6.45) is 1.59. The maximum atomic E-state index is 11.3. The van der Waals surface area contributed by atoms with Gasteiger partial charge in [0.1, 0.15) is 0 Å². The van der Waals surface area contributed by atoms with Crippen molar-refractivity contribution in [1.29, 1.82) is 0 Å². The third-order valence-corrected chi connectivity index (χ3v) is 2.14. The Morgan fingerprint density at radius 3 is 2.76 bits per heavy atom. The van der Waals surface area contributed by atoms with Gasteiger partial charge in [-0.3, -0.25) is 4.68 Å². The Kier molecular flexibility index (Phi) is 4.46. The van der Waals surface area contributed by atoms with Gasteiger partial charge in [-0.2, -0.15) is 5.10 Å². The molecule has 0 spiro atoms. The fraction of sp³-hybridized carbons (Fsp3) is 0.444. The summed E-state index contributed by atoms with van der Waals surface area (Å²) in [5, 5.41) is 25.8. The third-order valence-electron chi connectivity index (χ3n) is 2.14. The number of aliphatic hydroxyl groups excluding tert-OH is 1. The lowest BCUT2D eigenvalue weighted by Gasteiger charge is -2.12. The van der Waals surface area contributed by atoms with E-state index in [9.17, 15) is 9.59 Å². The Labute approximate surface area is 97.2 Å². The van der Waals surface area contributed by atoms with Crippen LogP contribution < -0.4 is 10.6 Å². The highest BCUT2D eigenvalue weighted by Crippen LogP contribution is 1.94. The first-order valence-corrected chi connectivity index (χ1v) is 4.89. The van der Waals surface area contributed by atoms with Gasteiger partial charge in [0.05, 0.1) is 18.8 Å². The first-order chi connectivity index (χ1) is 8.04. The molecule has 8 nitrogen and oxygen atoms in total. The summed E-state index contributed by atoms with van der Waals surface area (Å²) < 4.78 is 1.58. The predicted octanol–water partition coefficient (Wildman–Crippen LogP) is -1.34. The van der Waals surface area contributed by atoms with Gasteiger partial charge in [-0.25, -0.2) is 9.59 Å². The van der Waals surface area contributed by atoms with Gasteiger partial charge in [-0.05, 0) is 6.07 Å². The van der Waals surface area contributed by atoms with Gasteiger partial charge >= 0.3 is 12.0 Å². The summed E-state index contributed by atoms with van der Waals surface area (Å²) in [6, 6.07) is -0.240. The first kappa shape index (κ1) is 13.0. The molecule has 1 aromatic heterocycles. The fourth-order valence-electron chi connectivity index (χ4n) is 1.14. The molecule has 1 aromatic rings. The van der Waals surface area contributed by atoms with Crippen molar-refractivity contribution in [2.45, 2.75) is 12.6 Å². The fourth-order valence-corrected chi connectivity index (χ4v) is 1.14. The summed E-state index contributed by atoms with van der Waals surface area (Å²) >= 11 is 0. The Morgan fingerprint density at radius 2 is 2.29 bits per heavy atom. The molecule has 0 unspecified atom stereocenters. The SMILES string of the molecule is Cn1nccc1CNC(=O)N[C@H](CO)C(=O)O. The molecule has 1 rings (SSSR count). The Morgan fingerprint density at radius 1 is 1.59 bits per heavy atom. The number of nitrogens with one attached hydrogen (secondary N) is 2. The normalized spacial score (nSPS) is 11.9. The summed E-state index contributed by atoms with van der Waals surface area (Å²) in [6.45, 7) is -0.436. The minimum Gasteiger partial charge on any atom is -0.480 e. The van der Waals surface area contributed by atoms with Gasteiger partial charge in [0.15, 0.2) is 6.04 Å². The molecule has 4 N–H and O–H groups in total. The smallest absolute Gasteiger partial charge is 0.328 e. The number of nitrogens with zero attached hydrogens (tertiary/aromatic N) is 2. The number of aromatic nitrogens is 2. The first-order valence-electron chi connectivity index (χ1n) is 4.89. The van der Waals surface area contributed by atoms with E-state index in [1.165, 1.54) is 0 Å². The molecular formula is C9H14N4O4. The molecule has 0 aliphatic rings. The highest BCUT2D eigenvalue weighted by atomic mass is 16.4. The molecule has 1 heterocycles. The average Bonchev–Trinajstić information content (AvgIpc) is 2.68. The van der Waals surface area contributed by atoms with Crippen LogP contribution in [0.25, 0.3) is 0 Å². The Bertz CT molecular complexity index is 403. The summed E-state index contributed by atoms with van der Waals surface area (Å²) in [7, 11) is 1.72. The monoisotopic (exact) mass is 242 g/mol. The molecule has 0 aromatic carbocycles. The summed E-state index contributed by atoms with van der Waals surface area (Å²) in [5.74, 6) is -1.29. The number of carboxylic acids is 1. The summed E-state index contributed by atoms with van der Waals surface area (Å²) in [5.41, 5.74) is 0.774. The van der Waals surface area contributed by atoms with Crippen LogP contribution in [0.3, 0.4) is 0 Å². The molecule has 94 valence electrons. The van der Waals surface area contributed by atoms with Crippen LogP contribution >= 0.6 is 0 Å². The second-order valence-electron chi connectivity index (χ2n) is 3.35. The molecule has 0 aliphatic heterocycles. The molecule has 17 heavy (non-hydrogen) atoms. The van der Waals surface area contributed by atoms with Gasteiger partial charge in [-0.15, -0.1) is 0 Å². The lowest BCUT2D eigenvalue weighted by Crippen LogP contribution is -2.47. The lowest BCUT2D eigenvalue weighted by molar-refractivity contribution is -0.140. The van der Waals surface area contributed by atoms with Crippen molar-refractivity contribution in [3.63, 3.8) is 0 Å². The van der Waals surface area contributed by atoms with E-state index in [-0.39, 0.29) is 6.54 Å². The van der Waals surface area contributed by atoms with E-state index >= 15 is 0 Å². The van der Waals surface area contributed by atoms with Crippen molar-refractivity contribution >= 4 is 12.0 Å². The van der Waals surface area contributed by atoms with Gasteiger partial charge in [-0.1, -0.05) is 0 Å². The maximum Gasteiger partial charge on any atom is 0.328 e. The van der Waals surface area contributed by atoms with Crippen LogP contribution in [0.2, 0.25) is 0 Å². The molecule has 0 bridgehead atoms. The van der Waals surface area contributed by atoms with Gasteiger partial charge in [0.2, 0.25) is 0 Å². The Hall–Kier alpha value is -2.09. The van der Waals surface area contributed by atoms with Crippen molar-refractivity contribution in [2.24, 2.45) is 7.05 Å². The zero-order chi connectivity index (χ0) is 12.8. The number of urea groups is 1. The lowest BCUT2D eigenvalue weighted by atomic mass is 10.3. The van der Waals surface area contributed by atoms with E-state index in [1.54, 1.807) is 24.0 Å². The molecule has 0 radical (unpaired) electrons. The standard InChI is InChI=1S/C9H14N4O4/c1-13-6(2-3-11-13)4-10-9(17)12-7(5-14)8(15)16/h2-3,7,14H,4-5H2,1H3,(H,15,16)(H2,10,12,17)/t7-/m1/s1. The van der Waals surface area contributed by atoms with Crippen molar-refractivity contribution in [2.75, 3.05) is 6.61 Å². The van der Waals surface area contributed by atoms with E-state index in [4.69, 9.17) is 10.2 Å². The number of carbonyl (C=O) groups is 2. The second kappa shape index (κ2) is 5.85. The molecule has 2 amide bonds. The minimum absolute atomic E-state index is 0.222. The zero-order valence-corrected chi connectivity index (χ0v) is 9.25. The molecule has 0 fully saturated rings. The highest BCUT2D eigenvalue weighted by molar-refractivity contribution is 5.82. The molecule has 0 saturated heterocycles. The number of carbonyl (C=O) groups excluding carboxylic acids is 1. The van der Waals surface area contributed by atoms with Gasteiger partial charge < -0.3 is 20.8 Å². The van der Waals surface area contributed by atoms with Crippen molar-refractivity contribution in [1.82, 2.24) is 20.4 Å². The van der Waals surface area contributed by atoms with Gasteiger partial charge in [0.25, 0.3) is 0 Å².